The zero-order valence-electron chi connectivity index (χ0n) is 17.6. The molecule has 1 saturated heterocycles. The maximum atomic E-state index is 6.35. The molecule has 1 aliphatic rings. The van der Waals surface area contributed by atoms with Gasteiger partial charge in [0.15, 0.2) is 5.88 Å². The predicted octanol–water partition coefficient (Wildman–Crippen LogP) is 6.20. The summed E-state index contributed by atoms with van der Waals surface area (Å²) in [5.41, 5.74) is 0.351. The summed E-state index contributed by atoms with van der Waals surface area (Å²) in [7, 11) is -1.73. The highest BCUT2D eigenvalue weighted by Gasteiger charge is 2.40. The topological polar surface area (TPSA) is 40.0 Å². The summed E-state index contributed by atoms with van der Waals surface area (Å²) in [5, 5.41) is 0.633. The Morgan fingerprint density at radius 3 is 2.37 bits per heavy atom. The summed E-state index contributed by atoms with van der Waals surface area (Å²) >= 11 is 6.19. The van der Waals surface area contributed by atoms with Crippen LogP contribution in [0.2, 0.25) is 24.7 Å². The van der Waals surface area contributed by atoms with Gasteiger partial charge in [-0.2, -0.15) is 0 Å². The van der Waals surface area contributed by atoms with Gasteiger partial charge in [-0.1, -0.05) is 11.6 Å². The molecular weight excluding hydrogens is 378 g/mol. The van der Waals surface area contributed by atoms with E-state index in [2.05, 4.69) is 58.9 Å². The van der Waals surface area contributed by atoms with Crippen LogP contribution in [0.1, 0.15) is 46.1 Å². The monoisotopic (exact) mass is 409 g/mol. The molecule has 0 amide bonds. The van der Waals surface area contributed by atoms with Gasteiger partial charge in [0.1, 0.15) is 11.9 Å². The molecule has 1 aromatic carbocycles. The van der Waals surface area contributed by atoms with Gasteiger partial charge in [0.2, 0.25) is 8.32 Å². The standard InChI is InChI=1S/C21H32ClNO3Si/c1-15(25-27(6,7)8)23-14-16-11-17(22)9-10-19(16)24-18-12-20(2,3)26-21(4,5)13-18/h9-11,14,18H,1,12-13H2,2-8H3. The number of halogens is 1. The molecule has 0 atom stereocenters. The van der Waals surface area contributed by atoms with Crippen LogP contribution in [0.25, 0.3) is 0 Å². The van der Waals surface area contributed by atoms with Crippen LogP contribution in [0, 0.1) is 0 Å². The second-order valence-electron chi connectivity index (χ2n) is 9.32. The first-order valence-electron chi connectivity index (χ1n) is 9.33. The smallest absolute Gasteiger partial charge is 0.244 e. The molecular formula is C21H32ClNO3Si. The van der Waals surface area contributed by atoms with Gasteiger partial charge in [-0.15, -0.1) is 0 Å². The van der Waals surface area contributed by atoms with Crippen molar-refractivity contribution in [2.75, 3.05) is 0 Å². The molecule has 0 N–H and O–H groups in total. The minimum Gasteiger partial charge on any atom is -0.532 e. The first-order valence-corrected chi connectivity index (χ1v) is 13.1. The van der Waals surface area contributed by atoms with Crippen molar-refractivity contribution in [2.45, 2.75) is 77.5 Å². The lowest BCUT2D eigenvalue weighted by atomic mass is 9.87. The molecule has 27 heavy (non-hydrogen) atoms. The van der Waals surface area contributed by atoms with Crippen molar-refractivity contribution in [1.82, 2.24) is 0 Å². The van der Waals surface area contributed by atoms with E-state index in [1.54, 1.807) is 6.21 Å². The molecule has 0 unspecified atom stereocenters. The SMILES string of the molecule is C=C(N=Cc1cc(Cl)ccc1OC1CC(C)(C)OC(C)(C)C1)O[Si](C)(C)C. The van der Waals surface area contributed by atoms with Crippen LogP contribution >= 0.6 is 11.6 Å². The predicted molar refractivity (Wildman–Crippen MR) is 116 cm³/mol. The number of benzene rings is 1. The lowest BCUT2D eigenvalue weighted by molar-refractivity contribution is -0.182. The van der Waals surface area contributed by atoms with Crippen molar-refractivity contribution >= 4 is 26.1 Å². The molecule has 0 spiro atoms. The number of rotatable bonds is 6. The van der Waals surface area contributed by atoms with E-state index in [4.69, 9.17) is 25.5 Å². The fourth-order valence-corrected chi connectivity index (χ4v) is 4.45. The van der Waals surface area contributed by atoms with Gasteiger partial charge in [-0.25, -0.2) is 4.99 Å². The van der Waals surface area contributed by atoms with Crippen LogP contribution in [-0.4, -0.2) is 31.8 Å². The normalized spacial score (nSPS) is 19.9. The fourth-order valence-electron chi connectivity index (χ4n) is 3.51. The molecule has 1 fully saturated rings. The van der Waals surface area contributed by atoms with Crippen LogP contribution in [0.5, 0.6) is 5.75 Å². The molecule has 1 aliphatic heterocycles. The number of hydrogen-bond acceptors (Lipinski definition) is 4. The van der Waals surface area contributed by atoms with Gasteiger partial charge in [-0.3, -0.25) is 0 Å². The van der Waals surface area contributed by atoms with Crippen molar-refractivity contribution < 1.29 is 13.9 Å². The Balaban J connectivity index is 2.19. The Labute approximate surface area is 169 Å². The van der Waals surface area contributed by atoms with E-state index >= 15 is 0 Å². The minimum absolute atomic E-state index is 0.0542. The molecule has 6 heteroatoms. The Bertz CT molecular complexity index is 707. The first kappa shape index (κ1) is 22.0. The zero-order valence-corrected chi connectivity index (χ0v) is 19.3. The van der Waals surface area contributed by atoms with E-state index in [9.17, 15) is 0 Å². The van der Waals surface area contributed by atoms with Crippen LogP contribution in [0.4, 0.5) is 0 Å². The second-order valence-corrected chi connectivity index (χ2v) is 14.2. The highest BCUT2D eigenvalue weighted by molar-refractivity contribution is 6.70. The Morgan fingerprint density at radius 2 is 1.81 bits per heavy atom. The second kappa shape index (κ2) is 7.98. The van der Waals surface area contributed by atoms with Gasteiger partial charge in [0, 0.05) is 29.6 Å². The van der Waals surface area contributed by atoms with Crippen LogP contribution < -0.4 is 4.74 Å². The molecule has 0 aromatic heterocycles. The highest BCUT2D eigenvalue weighted by Crippen LogP contribution is 2.37. The molecule has 0 bridgehead atoms. The van der Waals surface area contributed by atoms with Crippen LogP contribution in [0.3, 0.4) is 0 Å². The van der Waals surface area contributed by atoms with Crippen LogP contribution in [0.15, 0.2) is 35.7 Å². The van der Waals surface area contributed by atoms with Gasteiger partial charge in [0.25, 0.3) is 0 Å². The first-order chi connectivity index (χ1) is 12.2. The van der Waals surface area contributed by atoms with Gasteiger partial charge in [-0.05, 0) is 72.1 Å². The molecule has 0 saturated carbocycles. The largest absolute Gasteiger partial charge is 0.532 e. The summed E-state index contributed by atoms with van der Waals surface area (Å²) in [5.74, 6) is 1.16. The third kappa shape index (κ3) is 7.32. The third-order valence-corrected chi connectivity index (χ3v) is 5.11. The van der Waals surface area contributed by atoms with E-state index in [1.165, 1.54) is 0 Å². The average molecular weight is 410 g/mol. The molecule has 150 valence electrons. The van der Waals surface area contributed by atoms with Crippen molar-refractivity contribution in [3.8, 4) is 5.75 Å². The summed E-state index contributed by atoms with van der Waals surface area (Å²) in [6.07, 6.45) is 3.40. The lowest BCUT2D eigenvalue weighted by Crippen LogP contribution is -2.49. The lowest BCUT2D eigenvalue weighted by Gasteiger charge is -2.45. The van der Waals surface area contributed by atoms with E-state index in [0.29, 0.717) is 10.9 Å². The molecule has 1 heterocycles. The summed E-state index contributed by atoms with van der Waals surface area (Å²) in [4.78, 5) is 4.36. The highest BCUT2D eigenvalue weighted by atomic mass is 35.5. The summed E-state index contributed by atoms with van der Waals surface area (Å²) < 4.78 is 18.3. The Hall–Kier alpha value is -1.30. The number of ether oxygens (including phenoxy) is 2. The van der Waals surface area contributed by atoms with Gasteiger partial charge in [0.05, 0.1) is 11.2 Å². The fraction of sp³-hybridized carbons (Fsp3) is 0.571. The van der Waals surface area contributed by atoms with Crippen LogP contribution in [-0.2, 0) is 9.16 Å². The van der Waals surface area contributed by atoms with Crippen molar-refractivity contribution in [3.05, 3.63) is 41.2 Å². The summed E-state index contributed by atoms with van der Waals surface area (Å²) in [6.45, 7) is 18.6. The third-order valence-electron chi connectivity index (χ3n) is 4.03. The average Bonchev–Trinajstić information content (AvgIpc) is 2.42. The molecule has 2 rings (SSSR count). The van der Waals surface area contributed by atoms with Crippen molar-refractivity contribution in [3.63, 3.8) is 0 Å². The maximum Gasteiger partial charge on any atom is 0.244 e. The number of aliphatic imine (C=N–C) groups is 1. The quantitative estimate of drug-likeness (QED) is 0.319. The van der Waals surface area contributed by atoms with E-state index < -0.39 is 8.32 Å². The molecule has 0 radical (unpaired) electrons. The Kier molecular flexibility index (Phi) is 6.50. The number of hydrogen-bond donors (Lipinski definition) is 0. The minimum atomic E-state index is -1.73. The van der Waals surface area contributed by atoms with E-state index in [0.717, 1.165) is 24.2 Å². The van der Waals surface area contributed by atoms with Gasteiger partial charge >= 0.3 is 0 Å². The van der Waals surface area contributed by atoms with Crippen molar-refractivity contribution in [1.29, 1.82) is 0 Å². The Morgan fingerprint density at radius 1 is 1.22 bits per heavy atom. The molecule has 0 aliphatic carbocycles. The number of nitrogens with zero attached hydrogens (tertiary/aromatic N) is 1. The van der Waals surface area contributed by atoms with Gasteiger partial charge < -0.3 is 13.9 Å². The molecule has 4 nitrogen and oxygen atoms in total. The summed E-state index contributed by atoms with van der Waals surface area (Å²) in [6, 6.07) is 5.57. The maximum absolute atomic E-state index is 6.35. The van der Waals surface area contributed by atoms with E-state index in [1.807, 2.05) is 18.2 Å². The van der Waals surface area contributed by atoms with Crippen molar-refractivity contribution in [2.24, 2.45) is 4.99 Å². The van der Waals surface area contributed by atoms with E-state index in [-0.39, 0.29) is 17.3 Å². The zero-order chi connectivity index (χ0) is 20.5. The molecule has 1 aromatic rings.